The van der Waals surface area contributed by atoms with Gasteiger partial charge in [-0.1, -0.05) is 24.3 Å². The fourth-order valence-corrected chi connectivity index (χ4v) is 1.67. The summed E-state index contributed by atoms with van der Waals surface area (Å²) in [6.07, 6.45) is 0. The summed E-state index contributed by atoms with van der Waals surface area (Å²) in [6, 6.07) is 7.73. The molecule has 1 rings (SSSR count). The molecule has 0 heterocycles. The summed E-state index contributed by atoms with van der Waals surface area (Å²) >= 11 is 0. The number of likely N-dealkylation sites (N-methyl/N-ethyl adjacent to an activating group) is 1. The van der Waals surface area contributed by atoms with Crippen LogP contribution in [0.3, 0.4) is 0 Å². The Bertz CT molecular complexity index is 573. The molecule has 0 atom stereocenters. The van der Waals surface area contributed by atoms with E-state index < -0.39 is 0 Å². The summed E-state index contributed by atoms with van der Waals surface area (Å²) in [6.45, 7) is 7.05. The molecule has 0 radical (unpaired) electrons. The van der Waals surface area contributed by atoms with Gasteiger partial charge in [0.15, 0.2) is 5.96 Å². The Morgan fingerprint density at radius 1 is 1.29 bits per heavy atom. The number of nitrogens with zero attached hydrogens (tertiary/aromatic N) is 2. The molecule has 0 saturated carbocycles. The number of carbonyl (C=O) groups excluding carboxylic acids is 1. The predicted octanol–water partition coefficient (Wildman–Crippen LogP) is 2.01. The molecule has 2 N–H and O–H groups in total. The molecule has 0 aliphatic heterocycles. The molecule has 0 aliphatic carbocycles. The first-order chi connectivity index (χ1) is 10.9. The fraction of sp³-hybridized carbons (Fsp3) is 0.412. The Morgan fingerprint density at radius 2 is 1.96 bits per heavy atom. The SMILES string of the molecule is C=C(C)CNC(=NCc1cccc(OC)c1)NCC(=O)N(C)C.I. The highest BCUT2D eigenvalue weighted by Crippen LogP contribution is 2.13. The third-order valence-electron chi connectivity index (χ3n) is 3.02. The zero-order valence-corrected chi connectivity index (χ0v) is 17.1. The number of nitrogens with one attached hydrogen (secondary N) is 2. The van der Waals surface area contributed by atoms with Crippen molar-refractivity contribution in [2.24, 2.45) is 4.99 Å². The van der Waals surface area contributed by atoms with Gasteiger partial charge in [-0.15, -0.1) is 24.0 Å². The highest BCUT2D eigenvalue weighted by molar-refractivity contribution is 14.0. The maximum atomic E-state index is 11.7. The lowest BCUT2D eigenvalue weighted by Gasteiger charge is -2.15. The Balaban J connectivity index is 0.00000529. The van der Waals surface area contributed by atoms with Gasteiger partial charge in [-0.2, -0.15) is 0 Å². The topological polar surface area (TPSA) is 66.0 Å². The summed E-state index contributed by atoms with van der Waals surface area (Å²) in [5, 5.41) is 6.18. The smallest absolute Gasteiger partial charge is 0.241 e. The summed E-state index contributed by atoms with van der Waals surface area (Å²) in [5.41, 5.74) is 2.01. The molecule has 24 heavy (non-hydrogen) atoms. The molecule has 0 spiro atoms. The number of benzene rings is 1. The quantitative estimate of drug-likeness (QED) is 0.291. The minimum atomic E-state index is -0.0174. The van der Waals surface area contributed by atoms with Crippen molar-refractivity contribution < 1.29 is 9.53 Å². The number of halogens is 1. The van der Waals surface area contributed by atoms with Gasteiger partial charge in [0.1, 0.15) is 5.75 Å². The normalized spacial score (nSPS) is 10.4. The Kier molecular flexibility index (Phi) is 10.9. The fourth-order valence-electron chi connectivity index (χ4n) is 1.67. The van der Waals surface area contributed by atoms with Crippen molar-refractivity contribution in [1.82, 2.24) is 15.5 Å². The first-order valence-corrected chi connectivity index (χ1v) is 7.42. The number of guanidine groups is 1. The molecule has 0 bridgehead atoms. The molecule has 1 aromatic carbocycles. The number of hydrogen-bond donors (Lipinski definition) is 2. The molecule has 0 aliphatic rings. The van der Waals surface area contributed by atoms with E-state index in [1.807, 2.05) is 31.2 Å². The van der Waals surface area contributed by atoms with E-state index in [2.05, 4.69) is 22.2 Å². The van der Waals surface area contributed by atoms with E-state index in [1.165, 1.54) is 4.90 Å². The highest BCUT2D eigenvalue weighted by atomic mass is 127. The van der Waals surface area contributed by atoms with Crippen LogP contribution in [0.15, 0.2) is 41.4 Å². The van der Waals surface area contributed by atoms with Crippen molar-refractivity contribution >= 4 is 35.8 Å². The molecule has 134 valence electrons. The average molecular weight is 446 g/mol. The first kappa shape index (κ1) is 22.2. The van der Waals surface area contributed by atoms with Crippen LogP contribution >= 0.6 is 24.0 Å². The van der Waals surface area contributed by atoms with Crippen LogP contribution in [-0.2, 0) is 11.3 Å². The molecule has 0 unspecified atom stereocenters. The van der Waals surface area contributed by atoms with Crippen molar-refractivity contribution in [2.45, 2.75) is 13.5 Å². The molecule has 1 amide bonds. The molecular weight excluding hydrogens is 419 g/mol. The minimum Gasteiger partial charge on any atom is -0.497 e. The van der Waals surface area contributed by atoms with Gasteiger partial charge in [0.05, 0.1) is 20.2 Å². The van der Waals surface area contributed by atoms with Crippen LogP contribution in [0.2, 0.25) is 0 Å². The van der Waals surface area contributed by atoms with E-state index >= 15 is 0 Å². The van der Waals surface area contributed by atoms with Crippen molar-refractivity contribution in [2.75, 3.05) is 34.3 Å². The van der Waals surface area contributed by atoms with Crippen LogP contribution < -0.4 is 15.4 Å². The van der Waals surface area contributed by atoms with E-state index in [1.54, 1.807) is 21.2 Å². The maximum absolute atomic E-state index is 11.7. The Hall–Kier alpha value is -1.77. The van der Waals surface area contributed by atoms with Gasteiger partial charge >= 0.3 is 0 Å². The summed E-state index contributed by atoms with van der Waals surface area (Å²) in [7, 11) is 5.08. The Morgan fingerprint density at radius 3 is 2.54 bits per heavy atom. The maximum Gasteiger partial charge on any atom is 0.241 e. The summed E-state index contributed by atoms with van der Waals surface area (Å²) in [4.78, 5) is 17.7. The number of hydrogen-bond acceptors (Lipinski definition) is 3. The van der Waals surface area contributed by atoms with E-state index in [4.69, 9.17) is 4.74 Å². The minimum absolute atomic E-state index is 0. The van der Waals surface area contributed by atoms with E-state index in [9.17, 15) is 4.79 Å². The predicted molar refractivity (Wildman–Crippen MR) is 109 cm³/mol. The third kappa shape index (κ3) is 8.76. The van der Waals surface area contributed by atoms with Crippen molar-refractivity contribution in [3.63, 3.8) is 0 Å². The van der Waals surface area contributed by atoms with Gasteiger partial charge in [0.2, 0.25) is 5.91 Å². The average Bonchev–Trinajstić information content (AvgIpc) is 2.53. The number of ether oxygens (including phenoxy) is 1. The molecule has 7 heteroatoms. The largest absolute Gasteiger partial charge is 0.497 e. The summed E-state index contributed by atoms with van der Waals surface area (Å²) in [5.74, 6) is 1.35. The highest BCUT2D eigenvalue weighted by Gasteiger charge is 2.06. The van der Waals surface area contributed by atoms with Crippen molar-refractivity contribution in [1.29, 1.82) is 0 Å². The third-order valence-corrected chi connectivity index (χ3v) is 3.02. The lowest BCUT2D eigenvalue weighted by Crippen LogP contribution is -2.43. The molecule has 1 aromatic rings. The first-order valence-electron chi connectivity index (χ1n) is 7.42. The zero-order chi connectivity index (χ0) is 17.2. The lowest BCUT2D eigenvalue weighted by atomic mass is 10.2. The molecule has 6 nitrogen and oxygen atoms in total. The number of amides is 1. The number of carbonyl (C=O) groups is 1. The second-order valence-electron chi connectivity index (χ2n) is 5.47. The van der Waals surface area contributed by atoms with Crippen LogP contribution in [0.5, 0.6) is 5.75 Å². The van der Waals surface area contributed by atoms with Crippen LogP contribution in [0.4, 0.5) is 0 Å². The second-order valence-corrected chi connectivity index (χ2v) is 5.47. The molecule has 0 aromatic heterocycles. The molecule has 0 saturated heterocycles. The zero-order valence-electron chi connectivity index (χ0n) is 14.8. The lowest BCUT2D eigenvalue weighted by molar-refractivity contribution is -0.127. The number of rotatable bonds is 7. The number of methoxy groups -OCH3 is 1. The van der Waals surface area contributed by atoms with Gasteiger partial charge in [0.25, 0.3) is 0 Å². The monoisotopic (exact) mass is 446 g/mol. The van der Waals surface area contributed by atoms with Gasteiger partial charge in [-0.25, -0.2) is 4.99 Å². The van der Waals surface area contributed by atoms with Crippen LogP contribution in [-0.4, -0.2) is 51.1 Å². The van der Waals surface area contributed by atoms with E-state index in [0.717, 1.165) is 16.9 Å². The van der Waals surface area contributed by atoms with E-state index in [0.29, 0.717) is 19.0 Å². The summed E-state index contributed by atoms with van der Waals surface area (Å²) < 4.78 is 5.20. The molecular formula is C17H27IN4O2. The Labute approximate surface area is 161 Å². The van der Waals surface area contributed by atoms with Crippen LogP contribution in [0.1, 0.15) is 12.5 Å². The van der Waals surface area contributed by atoms with Crippen molar-refractivity contribution in [3.8, 4) is 5.75 Å². The van der Waals surface area contributed by atoms with Gasteiger partial charge < -0.3 is 20.3 Å². The van der Waals surface area contributed by atoms with Gasteiger partial charge in [-0.05, 0) is 24.6 Å². The van der Waals surface area contributed by atoms with Crippen molar-refractivity contribution in [3.05, 3.63) is 42.0 Å². The van der Waals surface area contributed by atoms with Crippen LogP contribution in [0.25, 0.3) is 0 Å². The van der Waals surface area contributed by atoms with Gasteiger partial charge in [0, 0.05) is 20.6 Å². The van der Waals surface area contributed by atoms with Gasteiger partial charge in [-0.3, -0.25) is 4.79 Å². The number of aliphatic imine (C=N–C) groups is 1. The van der Waals surface area contributed by atoms with E-state index in [-0.39, 0.29) is 36.4 Å². The standard InChI is InChI=1S/C17H26N4O2.HI/c1-13(2)10-18-17(20-12-16(22)21(3)4)19-11-14-7-6-8-15(9-14)23-5;/h6-9H,1,10-12H2,2-5H3,(H2,18,19,20);1H. The second kappa shape index (κ2) is 11.7. The molecule has 0 fully saturated rings. The van der Waals surface area contributed by atoms with Crippen LogP contribution in [0, 0.1) is 0 Å².